The Morgan fingerprint density at radius 2 is 1.00 bits per heavy atom. The van der Waals surface area contributed by atoms with E-state index in [-0.39, 0.29) is 0 Å². The zero-order valence-electron chi connectivity index (χ0n) is 15.3. The highest BCUT2D eigenvalue weighted by atomic mass is 35.5. The van der Waals surface area contributed by atoms with E-state index in [0.29, 0.717) is 25.0 Å². The number of hydrogen-bond acceptors (Lipinski definition) is 2. The lowest BCUT2D eigenvalue weighted by molar-refractivity contribution is 0.117. The van der Waals surface area contributed by atoms with Crippen LogP contribution >= 0.6 is 23.2 Å². The lowest BCUT2D eigenvalue weighted by Gasteiger charge is -2.14. The van der Waals surface area contributed by atoms with Gasteiger partial charge < -0.3 is 9.47 Å². The molecule has 0 N–H and O–H groups in total. The van der Waals surface area contributed by atoms with Crippen molar-refractivity contribution < 1.29 is 9.47 Å². The van der Waals surface area contributed by atoms with Gasteiger partial charge in [0.05, 0.1) is 13.2 Å². The average Bonchev–Trinajstić information content (AvgIpc) is 2.68. The Morgan fingerprint density at radius 1 is 0.577 bits per heavy atom. The van der Waals surface area contributed by atoms with Gasteiger partial charge in [0.25, 0.3) is 0 Å². The molecule has 26 heavy (non-hydrogen) atoms. The first-order valence-electron chi connectivity index (χ1n) is 9.30. The van der Waals surface area contributed by atoms with Crippen LogP contribution in [0.1, 0.15) is 36.8 Å². The van der Waals surface area contributed by atoms with Crippen molar-refractivity contribution in [2.75, 3.05) is 25.0 Å². The first-order chi connectivity index (χ1) is 12.9. The Balaban J connectivity index is 2.03. The highest BCUT2D eigenvalue weighted by Crippen LogP contribution is 2.28. The Bertz CT molecular complexity index is 576. The van der Waals surface area contributed by atoms with E-state index < -0.39 is 0 Å². The van der Waals surface area contributed by atoms with E-state index in [4.69, 9.17) is 32.7 Å². The highest BCUT2D eigenvalue weighted by Gasteiger charge is 2.09. The minimum atomic E-state index is 0.614. The number of benzene rings is 2. The van der Waals surface area contributed by atoms with Crippen LogP contribution in [0.3, 0.4) is 0 Å². The first kappa shape index (κ1) is 21.2. The summed E-state index contributed by atoms with van der Waals surface area (Å²) < 4.78 is 11.7. The summed E-state index contributed by atoms with van der Waals surface area (Å²) in [5, 5.41) is 0. The van der Waals surface area contributed by atoms with Crippen LogP contribution < -0.4 is 0 Å². The summed E-state index contributed by atoms with van der Waals surface area (Å²) in [5.41, 5.74) is 4.83. The predicted octanol–water partition coefficient (Wildman–Crippen LogP) is 6.42. The van der Waals surface area contributed by atoms with Gasteiger partial charge in [-0.1, -0.05) is 48.5 Å². The van der Waals surface area contributed by atoms with Crippen molar-refractivity contribution in [2.45, 2.75) is 38.9 Å². The third-order valence-electron chi connectivity index (χ3n) is 4.18. The normalized spacial score (nSPS) is 11.0. The van der Waals surface area contributed by atoms with Crippen molar-refractivity contribution in [3.05, 3.63) is 59.7 Å². The Labute approximate surface area is 167 Å². The summed E-state index contributed by atoms with van der Waals surface area (Å²) in [6.45, 7) is 2.71. The van der Waals surface area contributed by atoms with Gasteiger partial charge in [0, 0.05) is 25.0 Å². The van der Waals surface area contributed by atoms with E-state index in [1.54, 1.807) is 0 Å². The summed E-state index contributed by atoms with van der Waals surface area (Å²) in [4.78, 5) is 0. The standard InChI is InChI=1S/C22H28Cl2O2/c23-13-5-7-15-25-17-19-9-1-3-11-21(19)22-12-4-2-10-20(22)18-26-16-8-6-14-24/h1-4,9-12H,5-8,13-18H2. The van der Waals surface area contributed by atoms with E-state index >= 15 is 0 Å². The van der Waals surface area contributed by atoms with E-state index in [1.165, 1.54) is 22.3 Å². The summed E-state index contributed by atoms with van der Waals surface area (Å²) in [6, 6.07) is 16.9. The third kappa shape index (κ3) is 7.28. The molecule has 2 aromatic carbocycles. The fourth-order valence-electron chi connectivity index (χ4n) is 2.78. The summed E-state index contributed by atoms with van der Waals surface area (Å²) in [7, 11) is 0. The fraction of sp³-hybridized carbons (Fsp3) is 0.455. The number of halogens is 2. The second-order valence-electron chi connectivity index (χ2n) is 6.21. The molecule has 0 amide bonds. The van der Waals surface area contributed by atoms with Gasteiger partial charge in [0.1, 0.15) is 0 Å². The predicted molar refractivity (Wildman–Crippen MR) is 111 cm³/mol. The SMILES string of the molecule is ClCCCCOCc1ccccc1-c1ccccc1COCCCCCl. The van der Waals surface area contributed by atoms with Crippen molar-refractivity contribution >= 4 is 23.2 Å². The largest absolute Gasteiger partial charge is 0.377 e. The molecule has 0 unspecified atom stereocenters. The molecule has 0 saturated carbocycles. The second kappa shape index (κ2) is 13.2. The molecule has 0 saturated heterocycles. The van der Waals surface area contributed by atoms with Crippen LogP contribution in [-0.2, 0) is 22.7 Å². The lowest BCUT2D eigenvalue weighted by atomic mass is 9.96. The van der Waals surface area contributed by atoms with Gasteiger partial charge in [-0.3, -0.25) is 0 Å². The van der Waals surface area contributed by atoms with Gasteiger partial charge in [-0.25, -0.2) is 0 Å². The number of rotatable bonds is 13. The quantitative estimate of drug-likeness (QED) is 0.288. The zero-order chi connectivity index (χ0) is 18.5. The van der Waals surface area contributed by atoms with Crippen LogP contribution in [0.4, 0.5) is 0 Å². The topological polar surface area (TPSA) is 18.5 Å². The molecule has 0 spiro atoms. The van der Waals surface area contributed by atoms with E-state index in [0.717, 1.165) is 38.9 Å². The van der Waals surface area contributed by atoms with Crippen LogP contribution in [0.25, 0.3) is 11.1 Å². The van der Waals surface area contributed by atoms with Gasteiger partial charge in [-0.2, -0.15) is 0 Å². The molecule has 0 aliphatic heterocycles. The van der Waals surface area contributed by atoms with E-state index in [2.05, 4.69) is 48.5 Å². The molecule has 0 fully saturated rings. The van der Waals surface area contributed by atoms with Crippen LogP contribution in [-0.4, -0.2) is 25.0 Å². The van der Waals surface area contributed by atoms with Crippen LogP contribution in [0.5, 0.6) is 0 Å². The van der Waals surface area contributed by atoms with Crippen LogP contribution in [0.2, 0.25) is 0 Å². The van der Waals surface area contributed by atoms with Gasteiger partial charge in [-0.05, 0) is 47.9 Å². The van der Waals surface area contributed by atoms with Crippen molar-refractivity contribution in [2.24, 2.45) is 0 Å². The maximum absolute atomic E-state index is 5.85. The molecule has 0 aliphatic carbocycles. The van der Waals surface area contributed by atoms with Crippen molar-refractivity contribution in [1.82, 2.24) is 0 Å². The molecule has 4 heteroatoms. The molecular formula is C22H28Cl2O2. The number of hydrogen-bond donors (Lipinski definition) is 0. The molecule has 2 rings (SSSR count). The molecule has 0 radical (unpaired) electrons. The number of unbranched alkanes of at least 4 members (excludes halogenated alkanes) is 2. The zero-order valence-corrected chi connectivity index (χ0v) is 16.8. The van der Waals surface area contributed by atoms with Gasteiger partial charge in [0.15, 0.2) is 0 Å². The summed E-state index contributed by atoms with van der Waals surface area (Å²) in [6.07, 6.45) is 3.98. The second-order valence-corrected chi connectivity index (χ2v) is 6.97. The van der Waals surface area contributed by atoms with E-state index in [9.17, 15) is 0 Å². The molecule has 2 aromatic rings. The monoisotopic (exact) mass is 394 g/mol. The van der Waals surface area contributed by atoms with Crippen molar-refractivity contribution in [3.8, 4) is 11.1 Å². The van der Waals surface area contributed by atoms with E-state index in [1.807, 2.05) is 0 Å². The summed E-state index contributed by atoms with van der Waals surface area (Å²) in [5.74, 6) is 1.39. The Hall–Kier alpha value is -1.06. The third-order valence-corrected chi connectivity index (χ3v) is 4.72. The molecule has 0 aromatic heterocycles. The van der Waals surface area contributed by atoms with Crippen LogP contribution in [0, 0.1) is 0 Å². The highest BCUT2D eigenvalue weighted by molar-refractivity contribution is 6.18. The van der Waals surface area contributed by atoms with Gasteiger partial charge in [-0.15, -0.1) is 23.2 Å². The fourth-order valence-corrected chi connectivity index (χ4v) is 3.16. The van der Waals surface area contributed by atoms with Gasteiger partial charge >= 0.3 is 0 Å². The molecule has 0 bridgehead atoms. The average molecular weight is 395 g/mol. The minimum Gasteiger partial charge on any atom is -0.377 e. The number of ether oxygens (including phenoxy) is 2. The molecule has 142 valence electrons. The molecule has 0 heterocycles. The first-order valence-corrected chi connectivity index (χ1v) is 10.4. The lowest BCUT2D eigenvalue weighted by Crippen LogP contribution is -2.01. The molecule has 0 atom stereocenters. The molecular weight excluding hydrogens is 367 g/mol. The molecule has 2 nitrogen and oxygen atoms in total. The minimum absolute atomic E-state index is 0.614. The maximum atomic E-state index is 5.85. The molecule has 0 aliphatic rings. The Kier molecular flexibility index (Phi) is 10.8. The Morgan fingerprint density at radius 3 is 1.42 bits per heavy atom. The van der Waals surface area contributed by atoms with Gasteiger partial charge in [0.2, 0.25) is 0 Å². The van der Waals surface area contributed by atoms with Crippen molar-refractivity contribution in [3.63, 3.8) is 0 Å². The van der Waals surface area contributed by atoms with Crippen LogP contribution in [0.15, 0.2) is 48.5 Å². The maximum Gasteiger partial charge on any atom is 0.0722 e. The van der Waals surface area contributed by atoms with Crippen molar-refractivity contribution in [1.29, 1.82) is 0 Å². The smallest absolute Gasteiger partial charge is 0.0722 e. The number of alkyl halides is 2. The summed E-state index contributed by atoms with van der Waals surface area (Å²) >= 11 is 11.4.